The van der Waals surface area contributed by atoms with Gasteiger partial charge in [-0.2, -0.15) is 0 Å². The van der Waals surface area contributed by atoms with Gasteiger partial charge in [0.05, 0.1) is 12.4 Å². The zero-order chi connectivity index (χ0) is 10.1. The Labute approximate surface area is 91.3 Å². The summed E-state index contributed by atoms with van der Waals surface area (Å²) in [5, 5.41) is 11.1. The van der Waals surface area contributed by atoms with E-state index in [-0.39, 0.29) is 0 Å². The van der Waals surface area contributed by atoms with Gasteiger partial charge in [0.2, 0.25) is 0 Å². The first-order valence-electron chi connectivity index (χ1n) is 4.11. The molecule has 0 saturated heterocycles. The molecule has 0 unspecified atom stereocenters. The summed E-state index contributed by atoms with van der Waals surface area (Å²) in [5.74, 6) is 0. The van der Waals surface area contributed by atoms with E-state index >= 15 is 0 Å². The SMILES string of the molecule is BrCc1ccccc1.c1cnnnc1. The maximum atomic E-state index is 3.42. The van der Waals surface area contributed by atoms with Crippen LogP contribution in [-0.2, 0) is 5.33 Å². The van der Waals surface area contributed by atoms with Crippen LogP contribution in [0.25, 0.3) is 0 Å². The molecule has 0 fully saturated rings. The van der Waals surface area contributed by atoms with Crippen molar-refractivity contribution < 1.29 is 0 Å². The molecule has 0 aliphatic heterocycles. The normalized spacial score (nSPS) is 8.64. The Hall–Kier alpha value is -1.29. The van der Waals surface area contributed by atoms with Crippen molar-refractivity contribution in [3.8, 4) is 0 Å². The van der Waals surface area contributed by atoms with Crippen molar-refractivity contribution in [3.05, 3.63) is 54.4 Å². The van der Waals surface area contributed by atoms with Gasteiger partial charge in [0.15, 0.2) is 0 Å². The van der Waals surface area contributed by atoms with Crippen LogP contribution in [0.15, 0.2) is 48.8 Å². The third-order valence-corrected chi connectivity index (χ3v) is 2.05. The minimum absolute atomic E-state index is 0.952. The number of hydrogen-bond acceptors (Lipinski definition) is 3. The minimum atomic E-state index is 0.952. The van der Waals surface area contributed by atoms with Crippen LogP contribution in [0.4, 0.5) is 0 Å². The Balaban J connectivity index is 0.000000146. The summed E-state index contributed by atoms with van der Waals surface area (Å²) < 4.78 is 0. The largest absolute Gasteiger partial charge is 0.139 e. The Morgan fingerprint density at radius 2 is 1.57 bits per heavy atom. The van der Waals surface area contributed by atoms with E-state index in [0.29, 0.717) is 0 Å². The molecule has 0 bridgehead atoms. The number of hydrogen-bond donors (Lipinski definition) is 0. The van der Waals surface area contributed by atoms with Gasteiger partial charge in [0.1, 0.15) is 0 Å². The summed E-state index contributed by atoms with van der Waals surface area (Å²) >= 11 is 3.36. The van der Waals surface area contributed by atoms with Gasteiger partial charge in [-0.25, -0.2) is 0 Å². The van der Waals surface area contributed by atoms with Gasteiger partial charge in [-0.3, -0.25) is 0 Å². The van der Waals surface area contributed by atoms with Crippen LogP contribution in [-0.4, -0.2) is 15.4 Å². The van der Waals surface area contributed by atoms with Crippen molar-refractivity contribution in [1.29, 1.82) is 0 Å². The van der Waals surface area contributed by atoms with Gasteiger partial charge in [-0.05, 0) is 16.8 Å². The quantitative estimate of drug-likeness (QED) is 0.732. The van der Waals surface area contributed by atoms with Crippen molar-refractivity contribution in [1.82, 2.24) is 15.4 Å². The Kier molecular flexibility index (Phi) is 5.51. The molecule has 72 valence electrons. The van der Waals surface area contributed by atoms with E-state index in [9.17, 15) is 0 Å². The van der Waals surface area contributed by atoms with E-state index in [1.54, 1.807) is 18.5 Å². The molecule has 0 aliphatic rings. The van der Waals surface area contributed by atoms with Gasteiger partial charge in [0.25, 0.3) is 0 Å². The van der Waals surface area contributed by atoms with Crippen LogP contribution in [0, 0.1) is 0 Å². The highest BCUT2D eigenvalue weighted by Crippen LogP contribution is 2.02. The second-order valence-corrected chi connectivity index (χ2v) is 2.99. The maximum absolute atomic E-state index is 3.42. The smallest absolute Gasteiger partial charge is 0.0529 e. The van der Waals surface area contributed by atoms with Gasteiger partial charge in [-0.1, -0.05) is 46.3 Å². The molecular formula is C10H10BrN3. The second kappa shape index (κ2) is 7.15. The summed E-state index contributed by atoms with van der Waals surface area (Å²) in [6.07, 6.45) is 3.15. The first kappa shape index (κ1) is 10.8. The molecule has 4 heteroatoms. The lowest BCUT2D eigenvalue weighted by atomic mass is 10.2. The number of nitrogens with zero attached hydrogens (tertiary/aromatic N) is 3. The van der Waals surface area contributed by atoms with Crippen LogP contribution in [0.3, 0.4) is 0 Å². The fraction of sp³-hybridized carbons (Fsp3) is 0.100. The van der Waals surface area contributed by atoms with Gasteiger partial charge >= 0.3 is 0 Å². The Morgan fingerprint density at radius 1 is 0.929 bits per heavy atom. The molecule has 0 N–H and O–H groups in total. The molecule has 1 aromatic heterocycles. The van der Waals surface area contributed by atoms with Crippen LogP contribution >= 0.6 is 15.9 Å². The highest BCUT2D eigenvalue weighted by atomic mass is 79.9. The molecule has 0 saturated carbocycles. The number of alkyl halides is 1. The van der Waals surface area contributed by atoms with E-state index in [1.165, 1.54) is 5.56 Å². The van der Waals surface area contributed by atoms with Crippen molar-refractivity contribution in [3.63, 3.8) is 0 Å². The van der Waals surface area contributed by atoms with Crippen LogP contribution in [0.1, 0.15) is 5.56 Å². The third kappa shape index (κ3) is 4.67. The van der Waals surface area contributed by atoms with E-state index in [1.807, 2.05) is 18.2 Å². The third-order valence-electron chi connectivity index (χ3n) is 1.41. The standard InChI is InChI=1S/C7H7Br.C3H3N3/c8-6-7-4-2-1-3-5-7;1-2-4-6-5-3-1/h1-5H,6H2;1-3H. The summed E-state index contributed by atoms with van der Waals surface area (Å²) in [6.45, 7) is 0. The topological polar surface area (TPSA) is 38.7 Å². The molecule has 0 amide bonds. The van der Waals surface area contributed by atoms with Gasteiger partial charge in [-0.15, -0.1) is 10.2 Å². The predicted molar refractivity (Wildman–Crippen MR) is 58.9 cm³/mol. The number of aromatic nitrogens is 3. The first-order chi connectivity index (χ1) is 6.93. The number of halogens is 1. The van der Waals surface area contributed by atoms with Gasteiger partial charge in [0, 0.05) is 5.33 Å². The summed E-state index contributed by atoms with van der Waals surface area (Å²) in [4.78, 5) is 0. The lowest BCUT2D eigenvalue weighted by Gasteiger charge is -1.88. The van der Waals surface area contributed by atoms with E-state index in [0.717, 1.165) is 5.33 Å². The minimum Gasteiger partial charge on any atom is -0.139 e. The van der Waals surface area contributed by atoms with Crippen molar-refractivity contribution >= 4 is 15.9 Å². The Bertz CT molecular complexity index is 299. The average Bonchev–Trinajstić information content (AvgIpc) is 2.33. The molecule has 1 heterocycles. The molecule has 1 aromatic carbocycles. The van der Waals surface area contributed by atoms with Crippen LogP contribution in [0.5, 0.6) is 0 Å². The maximum Gasteiger partial charge on any atom is 0.0529 e. The van der Waals surface area contributed by atoms with Crippen molar-refractivity contribution in [2.75, 3.05) is 0 Å². The Morgan fingerprint density at radius 3 is 1.86 bits per heavy atom. The molecule has 3 nitrogen and oxygen atoms in total. The second-order valence-electron chi connectivity index (χ2n) is 2.43. The molecule has 0 aliphatic carbocycles. The zero-order valence-electron chi connectivity index (χ0n) is 7.55. The summed E-state index contributed by atoms with van der Waals surface area (Å²) in [5.41, 5.74) is 1.33. The average molecular weight is 252 g/mol. The fourth-order valence-electron chi connectivity index (χ4n) is 0.772. The van der Waals surface area contributed by atoms with Gasteiger partial charge < -0.3 is 0 Å². The van der Waals surface area contributed by atoms with E-state index < -0.39 is 0 Å². The summed E-state index contributed by atoms with van der Waals surface area (Å²) in [6, 6.07) is 12.0. The van der Waals surface area contributed by atoms with Crippen LogP contribution in [0.2, 0.25) is 0 Å². The molecule has 2 rings (SSSR count). The van der Waals surface area contributed by atoms with E-state index in [2.05, 4.69) is 43.5 Å². The predicted octanol–water partition coefficient (Wildman–Crippen LogP) is 2.45. The zero-order valence-corrected chi connectivity index (χ0v) is 9.13. The monoisotopic (exact) mass is 251 g/mol. The molecule has 14 heavy (non-hydrogen) atoms. The van der Waals surface area contributed by atoms with Crippen molar-refractivity contribution in [2.24, 2.45) is 0 Å². The highest BCUT2D eigenvalue weighted by Gasteiger charge is 1.81. The lowest BCUT2D eigenvalue weighted by Crippen LogP contribution is -1.78. The number of rotatable bonds is 1. The summed E-state index contributed by atoms with van der Waals surface area (Å²) in [7, 11) is 0. The fourth-order valence-corrected chi connectivity index (χ4v) is 1.15. The molecule has 2 aromatic rings. The van der Waals surface area contributed by atoms with E-state index in [4.69, 9.17) is 0 Å². The van der Waals surface area contributed by atoms with Crippen LogP contribution < -0.4 is 0 Å². The van der Waals surface area contributed by atoms with Crippen molar-refractivity contribution in [2.45, 2.75) is 5.33 Å². The molecule has 0 radical (unpaired) electrons. The highest BCUT2D eigenvalue weighted by molar-refractivity contribution is 9.08. The molecular weight excluding hydrogens is 242 g/mol. The lowest BCUT2D eigenvalue weighted by molar-refractivity contribution is 0.865. The molecule has 0 atom stereocenters. The first-order valence-corrected chi connectivity index (χ1v) is 5.24. The molecule has 0 spiro atoms. The number of benzene rings is 1.